The lowest BCUT2D eigenvalue weighted by Crippen LogP contribution is -2.35. The van der Waals surface area contributed by atoms with Crippen LogP contribution in [-0.2, 0) is 35.5 Å². The van der Waals surface area contributed by atoms with E-state index in [0.29, 0.717) is 90.9 Å². The molecule has 4 aromatic heterocycles. The molecule has 2 aliphatic rings. The van der Waals surface area contributed by atoms with Gasteiger partial charge in [0, 0.05) is 56.6 Å². The number of primary amides is 2. The second-order valence-corrected chi connectivity index (χ2v) is 16.5. The Balaban J connectivity index is 0.000000170. The number of imidazole rings is 2. The molecule has 4 amide bonds. The Morgan fingerprint density at radius 2 is 1.04 bits per heavy atom. The van der Waals surface area contributed by atoms with Crippen molar-refractivity contribution in [1.29, 1.82) is 0 Å². The molecule has 17 nitrogen and oxygen atoms in total. The van der Waals surface area contributed by atoms with E-state index in [2.05, 4.69) is 15.2 Å². The number of amides is 4. The summed E-state index contributed by atoms with van der Waals surface area (Å²) in [5.74, 6) is 1.68. The number of rotatable bonds is 11. The Morgan fingerprint density at radius 1 is 0.627 bits per heavy atom. The van der Waals surface area contributed by atoms with Crippen molar-refractivity contribution >= 4 is 34.9 Å². The van der Waals surface area contributed by atoms with Crippen LogP contribution >= 0.6 is 0 Å². The van der Waals surface area contributed by atoms with E-state index in [1.807, 2.05) is 134 Å². The minimum absolute atomic E-state index is 0.0107. The number of hydrogen-bond acceptors (Lipinski definition) is 9. The van der Waals surface area contributed by atoms with Crippen LogP contribution in [-0.4, -0.2) is 101 Å². The van der Waals surface area contributed by atoms with E-state index in [0.717, 1.165) is 45.4 Å². The van der Waals surface area contributed by atoms with Gasteiger partial charge >= 0.3 is 0 Å². The molecule has 0 atom stereocenters. The van der Waals surface area contributed by atoms with Crippen LogP contribution in [0.4, 0.5) is 0 Å². The third-order valence-electron chi connectivity index (χ3n) is 11.6. The quantitative estimate of drug-likeness (QED) is 0.106. The highest BCUT2D eigenvalue weighted by Gasteiger charge is 2.30. The van der Waals surface area contributed by atoms with E-state index in [9.17, 15) is 19.2 Å². The number of carbonyl (C=O) groups is 4. The number of aromatic amines is 2. The first-order chi connectivity index (χ1) is 32.4. The first kappa shape index (κ1) is 43.8. The number of nitrogens with one attached hydrogen (secondary N) is 2. The van der Waals surface area contributed by atoms with Gasteiger partial charge in [0.1, 0.15) is 34.1 Å². The molecular weight excluding hydrogens is 851 g/mol. The zero-order valence-electron chi connectivity index (χ0n) is 37.2. The van der Waals surface area contributed by atoms with Crippen LogP contribution in [0.15, 0.2) is 121 Å². The number of carbonyl (C=O) groups excluding carboxylic acids is 4. The maximum atomic E-state index is 12.7. The van der Waals surface area contributed by atoms with Gasteiger partial charge in [0.2, 0.25) is 11.8 Å². The first-order valence-electron chi connectivity index (χ1n) is 21.8. The number of likely N-dealkylation sites (N-methyl/N-ethyl adjacent to an activating group) is 1. The highest BCUT2D eigenvalue weighted by atomic mass is 16.5. The van der Waals surface area contributed by atoms with Gasteiger partial charge in [0.05, 0.1) is 47.3 Å². The van der Waals surface area contributed by atoms with Gasteiger partial charge in [0.15, 0.2) is 11.3 Å². The van der Waals surface area contributed by atoms with Crippen molar-refractivity contribution < 1.29 is 28.7 Å². The van der Waals surface area contributed by atoms with Crippen molar-refractivity contribution in [3.8, 4) is 45.5 Å². The van der Waals surface area contributed by atoms with Crippen molar-refractivity contribution in [2.24, 2.45) is 11.5 Å². The number of H-pyrrole nitrogens is 2. The van der Waals surface area contributed by atoms with Gasteiger partial charge in [-0.1, -0.05) is 42.5 Å². The van der Waals surface area contributed by atoms with Crippen LogP contribution in [0.5, 0.6) is 23.0 Å². The van der Waals surface area contributed by atoms with E-state index in [1.54, 1.807) is 31.8 Å². The number of para-hydroxylation sites is 2. The summed E-state index contributed by atoms with van der Waals surface area (Å²) in [5, 5.41) is 6.58. The maximum Gasteiger partial charge on any atom is 0.254 e. The van der Waals surface area contributed by atoms with Gasteiger partial charge in [-0.25, -0.2) is 19.0 Å². The van der Waals surface area contributed by atoms with Crippen LogP contribution in [0.1, 0.15) is 50.4 Å². The molecule has 17 heteroatoms. The molecule has 0 saturated heterocycles. The van der Waals surface area contributed by atoms with Crippen molar-refractivity contribution in [2.75, 3.05) is 33.7 Å². The molecule has 0 unspecified atom stereocenters. The average Bonchev–Trinajstić information content (AvgIpc) is 4.08. The Hall–Kier alpha value is -8.44. The SMILES string of the molecule is CC(=O)N1CCc2nc3c(C(N)=O)c(-c4ccc(Oc5ccccc5)cc4)[nH]n3c2C1.CN(C)C/C=C/C(=O)N1CCc2nc3c(C(N)=O)c(-c4ccc(Oc5ccccc5)cc4)[nH]n3c2C1. The predicted molar refractivity (Wildman–Crippen MR) is 252 cm³/mol. The zero-order valence-corrected chi connectivity index (χ0v) is 37.2. The third kappa shape index (κ3) is 9.12. The Bertz CT molecular complexity index is 3150. The molecule has 340 valence electrons. The second-order valence-electron chi connectivity index (χ2n) is 16.5. The lowest BCUT2D eigenvalue weighted by molar-refractivity contribution is -0.130. The third-order valence-corrected chi connectivity index (χ3v) is 11.6. The van der Waals surface area contributed by atoms with Crippen molar-refractivity contribution in [2.45, 2.75) is 32.9 Å². The topological polar surface area (TPSA) is 215 Å². The van der Waals surface area contributed by atoms with Crippen LogP contribution in [0, 0.1) is 0 Å². The lowest BCUT2D eigenvalue weighted by Gasteiger charge is -2.25. The maximum absolute atomic E-state index is 12.7. The average molecular weight is 900 g/mol. The molecule has 6 N–H and O–H groups in total. The number of nitrogens with two attached hydrogens (primary N) is 2. The predicted octanol–water partition coefficient (Wildman–Crippen LogP) is 6.35. The molecule has 2 aliphatic heterocycles. The largest absolute Gasteiger partial charge is 0.457 e. The normalized spacial score (nSPS) is 13.4. The van der Waals surface area contributed by atoms with Gasteiger partial charge < -0.3 is 35.6 Å². The highest BCUT2D eigenvalue weighted by Crippen LogP contribution is 2.33. The van der Waals surface area contributed by atoms with E-state index in [-0.39, 0.29) is 11.8 Å². The van der Waals surface area contributed by atoms with Gasteiger partial charge in [0.25, 0.3) is 11.8 Å². The van der Waals surface area contributed by atoms with Crippen LogP contribution < -0.4 is 20.9 Å². The number of hydrogen-bond donors (Lipinski definition) is 4. The fourth-order valence-electron chi connectivity index (χ4n) is 8.30. The summed E-state index contributed by atoms with van der Waals surface area (Å²) >= 11 is 0. The summed E-state index contributed by atoms with van der Waals surface area (Å²) < 4.78 is 15.3. The highest BCUT2D eigenvalue weighted by molar-refractivity contribution is 6.05. The van der Waals surface area contributed by atoms with Crippen molar-refractivity contribution in [1.82, 2.24) is 43.9 Å². The standard InChI is InChI=1S/C27H28N6O3.C23H21N5O3/c1-31(2)15-6-9-23(34)32-16-14-21-22(17-32)33-27(29-21)24(26(28)35)25(30-33)18-10-12-20(13-11-18)36-19-7-4-3-5-8-19;1-14(29)27-12-11-18-19(13-27)28-23(25-18)20(22(24)30)21(26-28)15-7-9-17(10-8-15)31-16-5-3-2-4-6-16/h3-13,30H,14-17H2,1-2H3,(H2,28,35);2-10,26H,11-13H2,1H3,(H2,24,30)/b9-6+;. The molecule has 0 fully saturated rings. The Morgan fingerprint density at radius 3 is 1.46 bits per heavy atom. The minimum Gasteiger partial charge on any atom is -0.457 e. The fourth-order valence-corrected chi connectivity index (χ4v) is 8.30. The summed E-state index contributed by atoms with van der Waals surface area (Å²) in [5.41, 5.74) is 19.3. The monoisotopic (exact) mass is 899 g/mol. The van der Waals surface area contributed by atoms with Crippen molar-refractivity contribution in [3.63, 3.8) is 0 Å². The number of fused-ring (bicyclic) bond motifs is 6. The summed E-state index contributed by atoms with van der Waals surface area (Å²) in [4.78, 5) is 64.2. The van der Waals surface area contributed by atoms with E-state index < -0.39 is 11.8 Å². The van der Waals surface area contributed by atoms with Crippen LogP contribution in [0.25, 0.3) is 33.8 Å². The van der Waals surface area contributed by atoms with Gasteiger partial charge in [-0.2, -0.15) is 0 Å². The first-order valence-corrected chi connectivity index (χ1v) is 21.8. The molecule has 0 radical (unpaired) electrons. The van der Waals surface area contributed by atoms with Gasteiger partial charge in [-0.3, -0.25) is 29.4 Å². The van der Waals surface area contributed by atoms with Crippen LogP contribution in [0.2, 0.25) is 0 Å². The summed E-state index contributed by atoms with van der Waals surface area (Å²) in [6, 6.07) is 33.8. The molecule has 0 saturated carbocycles. The van der Waals surface area contributed by atoms with E-state index in [4.69, 9.17) is 25.9 Å². The second kappa shape index (κ2) is 18.6. The number of nitrogens with zero attached hydrogens (tertiary/aromatic N) is 7. The lowest BCUT2D eigenvalue weighted by atomic mass is 10.1. The molecule has 0 aliphatic carbocycles. The molecule has 0 bridgehead atoms. The molecule has 0 spiro atoms. The van der Waals surface area contributed by atoms with Crippen LogP contribution in [0.3, 0.4) is 0 Å². The Labute approximate surface area is 385 Å². The van der Waals surface area contributed by atoms with E-state index in [1.165, 1.54) is 0 Å². The minimum atomic E-state index is -0.567. The van der Waals surface area contributed by atoms with Gasteiger partial charge in [-0.15, -0.1) is 0 Å². The molecule has 6 heterocycles. The zero-order chi connectivity index (χ0) is 46.8. The summed E-state index contributed by atoms with van der Waals surface area (Å²) in [6.07, 6.45) is 4.71. The number of ether oxygens (including phenoxy) is 2. The van der Waals surface area contributed by atoms with Crippen molar-refractivity contribution in [3.05, 3.63) is 155 Å². The molecule has 67 heavy (non-hydrogen) atoms. The molecule has 4 aromatic carbocycles. The summed E-state index contributed by atoms with van der Waals surface area (Å²) in [7, 11) is 3.90. The van der Waals surface area contributed by atoms with E-state index >= 15 is 0 Å². The smallest absolute Gasteiger partial charge is 0.254 e. The molecular formula is C50H49N11O6. The summed E-state index contributed by atoms with van der Waals surface area (Å²) in [6.45, 7) is 4.26. The Kier molecular flexibility index (Phi) is 12.1. The van der Waals surface area contributed by atoms with Gasteiger partial charge in [-0.05, 0) is 86.9 Å². The number of benzene rings is 4. The molecule has 10 rings (SSSR count). The fraction of sp³-hybridized carbons (Fsp3) is 0.200. The number of aromatic nitrogens is 6. The molecule has 8 aromatic rings.